The molecule has 5 nitrogen and oxygen atoms in total. The molecule has 0 atom stereocenters. The summed E-state index contributed by atoms with van der Waals surface area (Å²) in [6.07, 6.45) is 3.28. The molecule has 0 amide bonds. The van der Waals surface area contributed by atoms with Crippen LogP contribution in [0, 0.1) is 5.82 Å². The van der Waals surface area contributed by atoms with E-state index in [0.29, 0.717) is 16.2 Å². The number of nitrogens with zero attached hydrogens (tertiary/aromatic N) is 2. The Bertz CT molecular complexity index is 1230. The standard InChI is InChI=1S/C20H18ClFN2O3S/c1-23-12-19(28(26,27)14-6-4-13(21)5-7-14)20(25)15-10-16(22)18(11-17(15)23)24-8-2-3-9-24/h4-7,10-12H,2-3,8-9H2,1H3. The van der Waals surface area contributed by atoms with Gasteiger partial charge in [0.15, 0.2) is 0 Å². The van der Waals surface area contributed by atoms with E-state index in [9.17, 15) is 17.6 Å². The molecule has 4 rings (SSSR count). The number of hydrogen-bond donors (Lipinski definition) is 0. The molecule has 1 fully saturated rings. The molecular formula is C20H18ClFN2O3S. The van der Waals surface area contributed by atoms with Gasteiger partial charge in [-0.15, -0.1) is 0 Å². The zero-order chi connectivity index (χ0) is 20.1. The Morgan fingerprint density at radius 1 is 1.07 bits per heavy atom. The van der Waals surface area contributed by atoms with Crippen molar-refractivity contribution in [1.82, 2.24) is 4.57 Å². The number of pyridine rings is 1. The van der Waals surface area contributed by atoms with Gasteiger partial charge in [-0.25, -0.2) is 12.8 Å². The Labute approximate surface area is 166 Å². The molecule has 2 aromatic carbocycles. The molecular weight excluding hydrogens is 403 g/mol. The zero-order valence-electron chi connectivity index (χ0n) is 15.2. The van der Waals surface area contributed by atoms with Crippen LogP contribution in [0.2, 0.25) is 5.02 Å². The lowest BCUT2D eigenvalue weighted by atomic mass is 10.1. The van der Waals surface area contributed by atoms with Gasteiger partial charge in [-0.05, 0) is 49.2 Å². The quantitative estimate of drug-likeness (QED) is 0.647. The predicted molar refractivity (Wildman–Crippen MR) is 107 cm³/mol. The van der Waals surface area contributed by atoms with Crippen LogP contribution in [-0.4, -0.2) is 26.1 Å². The normalized spacial score (nSPS) is 14.8. The van der Waals surface area contributed by atoms with Crippen LogP contribution >= 0.6 is 11.6 Å². The van der Waals surface area contributed by atoms with Crippen molar-refractivity contribution < 1.29 is 12.8 Å². The van der Waals surface area contributed by atoms with Crippen molar-refractivity contribution in [2.45, 2.75) is 22.6 Å². The maximum absolute atomic E-state index is 14.7. The summed E-state index contributed by atoms with van der Waals surface area (Å²) in [6.45, 7) is 1.53. The fourth-order valence-corrected chi connectivity index (χ4v) is 5.12. The van der Waals surface area contributed by atoms with Crippen LogP contribution in [-0.2, 0) is 16.9 Å². The third kappa shape index (κ3) is 3.08. The van der Waals surface area contributed by atoms with Crippen molar-refractivity contribution in [2.75, 3.05) is 18.0 Å². The highest BCUT2D eigenvalue weighted by Gasteiger charge is 2.25. The van der Waals surface area contributed by atoms with Crippen LogP contribution in [0.4, 0.5) is 10.1 Å². The molecule has 146 valence electrons. The van der Waals surface area contributed by atoms with E-state index >= 15 is 0 Å². The second-order valence-corrected chi connectivity index (χ2v) is 9.26. The predicted octanol–water partition coefficient (Wildman–Crippen LogP) is 3.76. The van der Waals surface area contributed by atoms with Gasteiger partial charge in [0, 0.05) is 31.4 Å². The minimum absolute atomic E-state index is 0.0393. The van der Waals surface area contributed by atoms with E-state index in [1.54, 1.807) is 17.7 Å². The summed E-state index contributed by atoms with van der Waals surface area (Å²) in [6, 6.07) is 8.35. The molecule has 8 heteroatoms. The summed E-state index contributed by atoms with van der Waals surface area (Å²) in [5.41, 5.74) is 0.214. The first-order chi connectivity index (χ1) is 13.3. The molecule has 0 aliphatic carbocycles. The van der Waals surface area contributed by atoms with Gasteiger partial charge in [0.2, 0.25) is 15.3 Å². The Morgan fingerprint density at radius 2 is 1.71 bits per heavy atom. The molecule has 3 aromatic rings. The Morgan fingerprint density at radius 3 is 2.36 bits per heavy atom. The van der Waals surface area contributed by atoms with Gasteiger partial charge >= 0.3 is 0 Å². The van der Waals surface area contributed by atoms with Crippen LogP contribution in [0.5, 0.6) is 0 Å². The fourth-order valence-electron chi connectivity index (χ4n) is 3.59. The van der Waals surface area contributed by atoms with E-state index < -0.39 is 26.0 Å². The minimum Gasteiger partial charge on any atom is -0.369 e. The fraction of sp³-hybridized carbons (Fsp3) is 0.250. The van der Waals surface area contributed by atoms with Crippen molar-refractivity contribution in [3.63, 3.8) is 0 Å². The molecule has 0 bridgehead atoms. The second kappa shape index (κ2) is 6.90. The van der Waals surface area contributed by atoms with E-state index in [1.165, 1.54) is 30.5 Å². The highest BCUT2D eigenvalue weighted by Crippen LogP contribution is 2.29. The van der Waals surface area contributed by atoms with Crippen molar-refractivity contribution in [1.29, 1.82) is 0 Å². The topological polar surface area (TPSA) is 59.4 Å². The molecule has 1 aliphatic heterocycles. The van der Waals surface area contributed by atoms with Gasteiger partial charge in [0.25, 0.3) is 0 Å². The van der Waals surface area contributed by atoms with E-state index in [4.69, 9.17) is 11.6 Å². The number of rotatable bonds is 3. The van der Waals surface area contributed by atoms with Crippen LogP contribution in [0.1, 0.15) is 12.8 Å². The zero-order valence-corrected chi connectivity index (χ0v) is 16.7. The number of fused-ring (bicyclic) bond motifs is 1. The monoisotopic (exact) mass is 420 g/mol. The molecule has 0 unspecified atom stereocenters. The van der Waals surface area contributed by atoms with Crippen molar-refractivity contribution >= 4 is 38.0 Å². The third-order valence-electron chi connectivity index (χ3n) is 5.08. The van der Waals surface area contributed by atoms with E-state index in [-0.39, 0.29) is 10.3 Å². The highest BCUT2D eigenvalue weighted by molar-refractivity contribution is 7.91. The van der Waals surface area contributed by atoms with Crippen LogP contribution in [0.25, 0.3) is 10.9 Å². The smallest absolute Gasteiger partial charge is 0.211 e. The van der Waals surface area contributed by atoms with Gasteiger partial charge in [-0.3, -0.25) is 4.79 Å². The Kier molecular flexibility index (Phi) is 4.67. The number of aromatic nitrogens is 1. The number of aryl methyl sites for hydroxylation is 1. The maximum atomic E-state index is 14.7. The van der Waals surface area contributed by atoms with Crippen LogP contribution in [0.15, 0.2) is 57.2 Å². The molecule has 1 aliphatic rings. The minimum atomic E-state index is -4.06. The van der Waals surface area contributed by atoms with Gasteiger partial charge in [0.05, 0.1) is 21.5 Å². The molecule has 0 radical (unpaired) electrons. The van der Waals surface area contributed by atoms with Crippen molar-refractivity contribution in [3.8, 4) is 0 Å². The molecule has 0 spiro atoms. The highest BCUT2D eigenvalue weighted by atomic mass is 35.5. The number of sulfone groups is 1. The van der Waals surface area contributed by atoms with E-state index in [1.807, 2.05) is 4.90 Å². The maximum Gasteiger partial charge on any atom is 0.211 e. The van der Waals surface area contributed by atoms with E-state index in [0.717, 1.165) is 32.0 Å². The third-order valence-corrected chi connectivity index (χ3v) is 7.10. The lowest BCUT2D eigenvalue weighted by Gasteiger charge is -2.20. The SMILES string of the molecule is Cn1cc(S(=O)(=O)c2ccc(Cl)cc2)c(=O)c2cc(F)c(N3CCCC3)cc21. The molecule has 1 saturated heterocycles. The first kappa shape index (κ1) is 19.0. The lowest BCUT2D eigenvalue weighted by molar-refractivity contribution is 0.594. The van der Waals surface area contributed by atoms with Gasteiger partial charge in [-0.2, -0.15) is 0 Å². The summed E-state index contributed by atoms with van der Waals surface area (Å²) in [5.74, 6) is -0.521. The Balaban J connectivity index is 1.92. The summed E-state index contributed by atoms with van der Waals surface area (Å²) >= 11 is 5.82. The lowest BCUT2D eigenvalue weighted by Crippen LogP contribution is -2.21. The first-order valence-electron chi connectivity index (χ1n) is 8.87. The summed E-state index contributed by atoms with van der Waals surface area (Å²) in [5, 5.41) is 0.430. The largest absolute Gasteiger partial charge is 0.369 e. The van der Waals surface area contributed by atoms with E-state index in [2.05, 4.69) is 0 Å². The summed E-state index contributed by atoms with van der Waals surface area (Å²) < 4.78 is 42.2. The molecule has 1 aromatic heterocycles. The average Bonchev–Trinajstić information content (AvgIpc) is 3.19. The van der Waals surface area contributed by atoms with Gasteiger partial charge in [-0.1, -0.05) is 11.6 Å². The van der Waals surface area contributed by atoms with Crippen molar-refractivity contribution in [2.24, 2.45) is 7.05 Å². The molecule has 28 heavy (non-hydrogen) atoms. The molecule has 0 N–H and O–H groups in total. The summed E-state index contributed by atoms with van der Waals surface area (Å²) in [4.78, 5) is 14.5. The van der Waals surface area contributed by atoms with Gasteiger partial charge in [0.1, 0.15) is 10.7 Å². The van der Waals surface area contributed by atoms with Crippen LogP contribution < -0.4 is 10.3 Å². The molecule has 2 heterocycles. The number of halogens is 2. The van der Waals surface area contributed by atoms with Gasteiger partial charge < -0.3 is 9.47 Å². The number of hydrogen-bond acceptors (Lipinski definition) is 4. The molecule has 0 saturated carbocycles. The average molecular weight is 421 g/mol. The van der Waals surface area contributed by atoms with Crippen LogP contribution in [0.3, 0.4) is 0 Å². The summed E-state index contributed by atoms with van der Waals surface area (Å²) in [7, 11) is -2.42. The van der Waals surface area contributed by atoms with Crippen molar-refractivity contribution in [3.05, 3.63) is 63.7 Å². The second-order valence-electron chi connectivity index (χ2n) is 6.91. The Hall–Kier alpha value is -2.38. The number of anilines is 1. The number of benzene rings is 2. The first-order valence-corrected chi connectivity index (χ1v) is 10.7.